The van der Waals surface area contributed by atoms with Gasteiger partial charge in [-0.1, -0.05) is 13.3 Å². The zero-order chi connectivity index (χ0) is 11.3. The number of nitrogens with zero attached hydrogens (tertiary/aromatic N) is 1. The lowest BCUT2D eigenvalue weighted by molar-refractivity contribution is 0.829. The van der Waals surface area contributed by atoms with Gasteiger partial charge in [-0.15, -0.1) is 0 Å². The molecule has 0 bridgehead atoms. The lowest BCUT2D eigenvalue weighted by Crippen LogP contribution is -2.08. The quantitative estimate of drug-likeness (QED) is 0.729. The normalized spacial score (nSPS) is 10.4. The summed E-state index contributed by atoms with van der Waals surface area (Å²) in [5, 5.41) is 3.33. The van der Waals surface area contributed by atoms with Crippen molar-refractivity contribution in [3.63, 3.8) is 0 Å². The van der Waals surface area contributed by atoms with Crippen molar-refractivity contribution in [1.82, 2.24) is 4.98 Å². The van der Waals surface area contributed by atoms with Gasteiger partial charge in [-0.3, -0.25) is 0 Å². The Morgan fingerprint density at radius 1 is 1.40 bits per heavy atom. The highest BCUT2D eigenvalue weighted by Crippen LogP contribution is 2.15. The van der Waals surface area contributed by atoms with Crippen molar-refractivity contribution in [2.24, 2.45) is 5.73 Å². The number of pyridine rings is 1. The molecule has 0 aliphatic rings. The zero-order valence-corrected chi connectivity index (χ0v) is 9.93. The first-order valence-electron chi connectivity index (χ1n) is 5.60. The van der Waals surface area contributed by atoms with Crippen molar-refractivity contribution >= 4 is 5.82 Å². The predicted octanol–water partition coefficient (Wildman–Crippen LogP) is 2.37. The van der Waals surface area contributed by atoms with Gasteiger partial charge in [-0.2, -0.15) is 0 Å². The van der Waals surface area contributed by atoms with Crippen LogP contribution in [0, 0.1) is 13.8 Å². The summed E-state index contributed by atoms with van der Waals surface area (Å²) in [6.07, 6.45) is 2.38. The Hall–Kier alpha value is -1.09. The van der Waals surface area contributed by atoms with Crippen LogP contribution in [-0.4, -0.2) is 11.5 Å². The average Bonchev–Trinajstić information content (AvgIpc) is 2.18. The number of anilines is 1. The number of rotatable bonds is 5. The van der Waals surface area contributed by atoms with Crippen molar-refractivity contribution in [3.05, 3.63) is 22.9 Å². The Balaban J connectivity index is 2.75. The van der Waals surface area contributed by atoms with Crippen LogP contribution in [0.1, 0.15) is 36.6 Å². The summed E-state index contributed by atoms with van der Waals surface area (Å²) in [5.74, 6) is 0.968. The number of hydrogen-bond donors (Lipinski definition) is 2. The van der Waals surface area contributed by atoms with Crippen LogP contribution in [0.4, 0.5) is 5.82 Å². The van der Waals surface area contributed by atoms with Crippen LogP contribution in [0.25, 0.3) is 0 Å². The maximum Gasteiger partial charge on any atom is 0.126 e. The van der Waals surface area contributed by atoms with Gasteiger partial charge >= 0.3 is 0 Å². The Morgan fingerprint density at radius 2 is 2.13 bits per heavy atom. The van der Waals surface area contributed by atoms with Crippen molar-refractivity contribution in [3.8, 4) is 0 Å². The van der Waals surface area contributed by atoms with E-state index in [9.17, 15) is 0 Å². The number of unbranched alkanes of at least 4 members (excludes halogenated alkanes) is 1. The highest BCUT2D eigenvalue weighted by Gasteiger charge is 2.04. The van der Waals surface area contributed by atoms with Crippen molar-refractivity contribution < 1.29 is 0 Å². The molecule has 1 aromatic heterocycles. The largest absolute Gasteiger partial charge is 0.370 e. The van der Waals surface area contributed by atoms with Gasteiger partial charge in [0.15, 0.2) is 0 Å². The van der Waals surface area contributed by atoms with E-state index in [-0.39, 0.29) is 0 Å². The molecule has 1 heterocycles. The lowest BCUT2D eigenvalue weighted by Gasteiger charge is -2.11. The minimum absolute atomic E-state index is 0.569. The van der Waals surface area contributed by atoms with Gasteiger partial charge in [0.1, 0.15) is 5.82 Å². The average molecular weight is 207 g/mol. The van der Waals surface area contributed by atoms with E-state index in [1.54, 1.807) is 0 Å². The second kappa shape index (κ2) is 5.71. The van der Waals surface area contributed by atoms with Crippen molar-refractivity contribution in [2.45, 2.75) is 40.2 Å². The molecule has 0 amide bonds. The van der Waals surface area contributed by atoms with E-state index in [0.29, 0.717) is 6.54 Å². The topological polar surface area (TPSA) is 50.9 Å². The van der Waals surface area contributed by atoms with Crippen LogP contribution in [0.5, 0.6) is 0 Å². The van der Waals surface area contributed by atoms with Crippen LogP contribution in [0.15, 0.2) is 6.07 Å². The Morgan fingerprint density at radius 3 is 2.67 bits per heavy atom. The standard InChI is InChI=1S/C12H21N3/c1-4-5-6-14-12-7-9(2)11(8-13)10(3)15-12/h7H,4-6,8,13H2,1-3H3,(H,14,15). The molecule has 0 radical (unpaired) electrons. The third-order valence-electron chi connectivity index (χ3n) is 2.59. The molecule has 0 saturated heterocycles. The second-order valence-electron chi connectivity index (χ2n) is 3.87. The molecule has 3 heteroatoms. The molecular weight excluding hydrogens is 186 g/mol. The first-order valence-corrected chi connectivity index (χ1v) is 5.60. The summed E-state index contributed by atoms with van der Waals surface area (Å²) in [4.78, 5) is 4.49. The molecule has 0 aliphatic carbocycles. The van der Waals surface area contributed by atoms with E-state index in [1.165, 1.54) is 18.4 Å². The van der Waals surface area contributed by atoms with E-state index in [1.807, 2.05) is 6.92 Å². The molecule has 0 unspecified atom stereocenters. The van der Waals surface area contributed by atoms with Gasteiger partial charge < -0.3 is 11.1 Å². The molecule has 0 spiro atoms. The van der Waals surface area contributed by atoms with E-state index in [0.717, 1.165) is 23.6 Å². The van der Waals surface area contributed by atoms with Crippen molar-refractivity contribution in [2.75, 3.05) is 11.9 Å². The number of hydrogen-bond acceptors (Lipinski definition) is 3. The Bertz CT molecular complexity index is 298. The van der Waals surface area contributed by atoms with Crippen LogP contribution in [0.2, 0.25) is 0 Å². The maximum atomic E-state index is 5.66. The number of nitrogens with two attached hydrogens (primary N) is 1. The maximum absolute atomic E-state index is 5.66. The third-order valence-corrected chi connectivity index (χ3v) is 2.59. The molecule has 0 aromatic carbocycles. The zero-order valence-electron chi connectivity index (χ0n) is 9.93. The molecule has 0 fully saturated rings. The van der Waals surface area contributed by atoms with Crippen LogP contribution < -0.4 is 11.1 Å². The molecule has 3 nitrogen and oxygen atoms in total. The summed E-state index contributed by atoms with van der Waals surface area (Å²) in [6.45, 7) is 7.84. The number of aryl methyl sites for hydroxylation is 2. The SMILES string of the molecule is CCCCNc1cc(C)c(CN)c(C)n1. The van der Waals surface area contributed by atoms with Crippen LogP contribution in [-0.2, 0) is 6.54 Å². The summed E-state index contributed by atoms with van der Waals surface area (Å²) >= 11 is 0. The fourth-order valence-corrected chi connectivity index (χ4v) is 1.65. The van der Waals surface area contributed by atoms with Crippen molar-refractivity contribution in [1.29, 1.82) is 0 Å². The molecule has 0 aliphatic heterocycles. The second-order valence-corrected chi connectivity index (χ2v) is 3.87. The summed E-state index contributed by atoms with van der Waals surface area (Å²) in [6, 6.07) is 2.07. The molecule has 84 valence electrons. The lowest BCUT2D eigenvalue weighted by atomic mass is 10.1. The highest BCUT2D eigenvalue weighted by molar-refractivity contribution is 5.43. The van der Waals surface area contributed by atoms with Gasteiger partial charge in [-0.05, 0) is 37.5 Å². The number of aromatic nitrogens is 1. The van der Waals surface area contributed by atoms with Crippen LogP contribution >= 0.6 is 0 Å². The van der Waals surface area contributed by atoms with E-state index in [2.05, 4.69) is 30.2 Å². The molecule has 15 heavy (non-hydrogen) atoms. The van der Waals surface area contributed by atoms with Gasteiger partial charge in [0.2, 0.25) is 0 Å². The van der Waals surface area contributed by atoms with E-state index in [4.69, 9.17) is 5.73 Å². The first-order chi connectivity index (χ1) is 7.19. The molecule has 1 aromatic rings. The predicted molar refractivity (Wildman–Crippen MR) is 65.0 cm³/mol. The van der Waals surface area contributed by atoms with Gasteiger partial charge in [-0.25, -0.2) is 4.98 Å². The monoisotopic (exact) mass is 207 g/mol. The Kier molecular flexibility index (Phi) is 4.56. The smallest absolute Gasteiger partial charge is 0.126 e. The highest BCUT2D eigenvalue weighted by atomic mass is 15.0. The van der Waals surface area contributed by atoms with Gasteiger partial charge in [0.25, 0.3) is 0 Å². The molecular formula is C12H21N3. The van der Waals surface area contributed by atoms with Gasteiger partial charge in [0, 0.05) is 18.8 Å². The summed E-state index contributed by atoms with van der Waals surface area (Å²) in [5.41, 5.74) is 9.09. The third kappa shape index (κ3) is 3.20. The fourth-order valence-electron chi connectivity index (χ4n) is 1.65. The molecule has 3 N–H and O–H groups in total. The summed E-state index contributed by atoms with van der Waals surface area (Å²) in [7, 11) is 0. The first kappa shape index (κ1) is 12.0. The minimum Gasteiger partial charge on any atom is -0.370 e. The molecule has 1 rings (SSSR count). The fraction of sp³-hybridized carbons (Fsp3) is 0.583. The molecule has 0 atom stereocenters. The van der Waals surface area contributed by atoms with E-state index >= 15 is 0 Å². The summed E-state index contributed by atoms with van der Waals surface area (Å²) < 4.78 is 0. The van der Waals surface area contributed by atoms with Gasteiger partial charge in [0.05, 0.1) is 0 Å². The Labute approximate surface area is 92.1 Å². The number of nitrogens with one attached hydrogen (secondary N) is 1. The van der Waals surface area contributed by atoms with E-state index < -0.39 is 0 Å². The minimum atomic E-state index is 0.569. The molecule has 0 saturated carbocycles. The van der Waals surface area contributed by atoms with Crippen LogP contribution in [0.3, 0.4) is 0 Å².